The number of fused-ring (bicyclic) bond motifs is 1. The van der Waals surface area contributed by atoms with Crippen molar-refractivity contribution in [3.8, 4) is 0 Å². The zero-order valence-electron chi connectivity index (χ0n) is 13.0. The van der Waals surface area contributed by atoms with E-state index in [9.17, 15) is 13.2 Å². The van der Waals surface area contributed by atoms with E-state index in [1.54, 1.807) is 24.3 Å². The normalized spacial score (nSPS) is 13.0. The Labute approximate surface area is 140 Å². The third-order valence-corrected chi connectivity index (χ3v) is 5.18. The lowest BCUT2D eigenvalue weighted by molar-refractivity contribution is -0.109. The van der Waals surface area contributed by atoms with Gasteiger partial charge >= 0.3 is 0 Å². The van der Waals surface area contributed by atoms with Crippen molar-refractivity contribution < 1.29 is 13.2 Å². The minimum Gasteiger partial charge on any atom is -0.361 e. The summed E-state index contributed by atoms with van der Waals surface area (Å²) in [4.78, 5) is 14.5. The number of nitrogens with one attached hydrogen (secondary N) is 2. The van der Waals surface area contributed by atoms with Crippen molar-refractivity contribution >= 4 is 27.2 Å². The summed E-state index contributed by atoms with van der Waals surface area (Å²) in [6.07, 6.45) is 2.76. The van der Waals surface area contributed by atoms with Crippen LogP contribution in [-0.2, 0) is 27.0 Å². The zero-order chi connectivity index (χ0) is 17.0. The lowest BCUT2D eigenvalue weighted by atomic mass is 10.1. The summed E-state index contributed by atoms with van der Waals surface area (Å²) < 4.78 is 27.1. The molecule has 2 N–H and O–H groups in total. The van der Waals surface area contributed by atoms with Crippen LogP contribution in [0.5, 0.6) is 0 Å². The van der Waals surface area contributed by atoms with Crippen molar-refractivity contribution in [2.45, 2.75) is 18.2 Å². The Morgan fingerprint density at radius 1 is 1.04 bits per heavy atom. The summed E-state index contributed by atoms with van der Waals surface area (Å²) in [5, 5.41) is 0.992. The van der Waals surface area contributed by atoms with E-state index in [0.717, 1.165) is 16.5 Å². The molecule has 6 heteroatoms. The highest BCUT2D eigenvalue weighted by atomic mass is 32.2. The van der Waals surface area contributed by atoms with Crippen molar-refractivity contribution in [3.05, 3.63) is 71.9 Å². The molecule has 1 atom stereocenters. The van der Waals surface area contributed by atoms with E-state index >= 15 is 0 Å². The van der Waals surface area contributed by atoms with E-state index < -0.39 is 16.1 Å². The molecule has 124 valence electrons. The first-order valence-corrected chi connectivity index (χ1v) is 9.27. The molecular formula is C18H18N2O3S. The highest BCUT2D eigenvalue weighted by Gasteiger charge is 2.19. The molecule has 0 unspecified atom stereocenters. The molecule has 0 saturated carbocycles. The molecule has 0 aliphatic heterocycles. The average molecular weight is 342 g/mol. The Morgan fingerprint density at radius 2 is 1.75 bits per heavy atom. The molecule has 3 rings (SSSR count). The van der Waals surface area contributed by atoms with E-state index in [1.807, 2.05) is 36.5 Å². The van der Waals surface area contributed by atoms with Crippen molar-refractivity contribution in [1.82, 2.24) is 9.71 Å². The molecule has 24 heavy (non-hydrogen) atoms. The fourth-order valence-corrected chi connectivity index (χ4v) is 4.04. The van der Waals surface area contributed by atoms with Gasteiger partial charge in [-0.05, 0) is 23.6 Å². The number of H-pyrrole nitrogens is 1. The number of benzene rings is 2. The Hall–Kier alpha value is -2.44. The molecule has 1 heterocycles. The Morgan fingerprint density at radius 3 is 2.50 bits per heavy atom. The molecule has 5 nitrogen and oxygen atoms in total. The van der Waals surface area contributed by atoms with Crippen LogP contribution < -0.4 is 4.72 Å². The Bertz CT molecular complexity index is 933. The van der Waals surface area contributed by atoms with Gasteiger partial charge < -0.3 is 9.78 Å². The maximum absolute atomic E-state index is 12.3. The Kier molecular flexibility index (Phi) is 4.78. The second-order valence-corrected chi connectivity index (χ2v) is 7.42. The lowest BCUT2D eigenvalue weighted by Gasteiger charge is -2.13. The smallest absolute Gasteiger partial charge is 0.216 e. The van der Waals surface area contributed by atoms with Gasteiger partial charge in [-0.25, -0.2) is 13.1 Å². The van der Waals surface area contributed by atoms with Crippen LogP contribution >= 0.6 is 0 Å². The molecular weight excluding hydrogens is 324 g/mol. The summed E-state index contributed by atoms with van der Waals surface area (Å²) in [6, 6.07) is 15.8. The van der Waals surface area contributed by atoms with Gasteiger partial charge in [0.05, 0.1) is 11.8 Å². The van der Waals surface area contributed by atoms with Crippen LogP contribution in [0, 0.1) is 0 Å². The minimum absolute atomic E-state index is 0.147. The number of hydrogen-bond donors (Lipinski definition) is 2. The summed E-state index contributed by atoms with van der Waals surface area (Å²) in [5.74, 6) is -0.147. The van der Waals surface area contributed by atoms with Gasteiger partial charge in [0, 0.05) is 17.1 Å². The predicted molar refractivity (Wildman–Crippen MR) is 94.1 cm³/mol. The van der Waals surface area contributed by atoms with E-state index in [1.165, 1.54) is 0 Å². The summed E-state index contributed by atoms with van der Waals surface area (Å²) in [7, 11) is -3.59. The summed E-state index contributed by atoms with van der Waals surface area (Å²) in [6.45, 7) is 0. The van der Waals surface area contributed by atoms with Gasteiger partial charge in [-0.2, -0.15) is 0 Å². The van der Waals surface area contributed by atoms with Crippen LogP contribution in [0.2, 0.25) is 0 Å². The fraction of sp³-hybridized carbons (Fsp3) is 0.167. The van der Waals surface area contributed by atoms with Crippen LogP contribution in [0.15, 0.2) is 60.8 Å². The molecule has 0 spiro atoms. The molecule has 0 amide bonds. The Balaban J connectivity index is 1.73. The standard InChI is InChI=1S/C18H18N2O3S/c21-12-16(10-15-11-19-18-9-5-4-8-17(15)18)20-24(22,23)13-14-6-2-1-3-7-14/h1-9,11-12,16,19-20H,10,13H2/t16-/m1/s1. The fourth-order valence-electron chi connectivity index (χ4n) is 2.72. The minimum atomic E-state index is -3.59. The van der Waals surface area contributed by atoms with Crippen molar-refractivity contribution in [2.75, 3.05) is 0 Å². The second kappa shape index (κ2) is 6.98. The third kappa shape index (κ3) is 3.90. The van der Waals surface area contributed by atoms with Gasteiger partial charge in [0.15, 0.2) is 0 Å². The number of carbonyl (C=O) groups excluding carboxylic acids is 1. The highest BCUT2D eigenvalue weighted by molar-refractivity contribution is 7.88. The topological polar surface area (TPSA) is 79.0 Å². The van der Waals surface area contributed by atoms with Crippen LogP contribution in [0.4, 0.5) is 0 Å². The molecule has 0 aliphatic rings. The molecule has 3 aromatic rings. The zero-order valence-corrected chi connectivity index (χ0v) is 13.8. The quantitative estimate of drug-likeness (QED) is 0.647. The number of carbonyl (C=O) groups is 1. The van der Waals surface area contributed by atoms with Gasteiger partial charge in [-0.3, -0.25) is 0 Å². The van der Waals surface area contributed by atoms with Crippen molar-refractivity contribution in [3.63, 3.8) is 0 Å². The number of hydrogen-bond acceptors (Lipinski definition) is 3. The maximum atomic E-state index is 12.3. The van der Waals surface area contributed by atoms with Crippen LogP contribution in [0.25, 0.3) is 10.9 Å². The van der Waals surface area contributed by atoms with Crippen LogP contribution in [0.1, 0.15) is 11.1 Å². The largest absolute Gasteiger partial charge is 0.361 e. The van der Waals surface area contributed by atoms with E-state index in [4.69, 9.17) is 0 Å². The number of aromatic nitrogens is 1. The van der Waals surface area contributed by atoms with E-state index in [2.05, 4.69) is 9.71 Å². The highest BCUT2D eigenvalue weighted by Crippen LogP contribution is 2.19. The van der Waals surface area contributed by atoms with E-state index in [-0.39, 0.29) is 5.75 Å². The average Bonchev–Trinajstić information content (AvgIpc) is 2.97. The summed E-state index contributed by atoms with van der Waals surface area (Å²) >= 11 is 0. The number of aldehydes is 1. The van der Waals surface area contributed by atoms with Gasteiger partial charge in [0.25, 0.3) is 0 Å². The summed E-state index contributed by atoms with van der Waals surface area (Å²) in [5.41, 5.74) is 2.55. The number of sulfonamides is 1. The SMILES string of the molecule is O=C[C@@H](Cc1c[nH]c2ccccc12)NS(=O)(=O)Cc1ccccc1. The van der Waals surface area contributed by atoms with Crippen LogP contribution in [-0.4, -0.2) is 25.7 Å². The van der Waals surface area contributed by atoms with Crippen molar-refractivity contribution in [2.24, 2.45) is 0 Å². The first-order valence-electron chi connectivity index (χ1n) is 7.61. The predicted octanol–water partition coefficient (Wildman–Crippen LogP) is 2.40. The molecule has 0 aliphatic carbocycles. The third-order valence-electron chi connectivity index (χ3n) is 3.81. The molecule has 0 saturated heterocycles. The van der Waals surface area contributed by atoms with Gasteiger partial charge in [-0.15, -0.1) is 0 Å². The second-order valence-electron chi connectivity index (χ2n) is 5.67. The maximum Gasteiger partial charge on any atom is 0.216 e. The van der Waals surface area contributed by atoms with Crippen LogP contribution in [0.3, 0.4) is 0 Å². The first kappa shape index (κ1) is 16.4. The van der Waals surface area contributed by atoms with Gasteiger partial charge in [0.2, 0.25) is 10.0 Å². The number of rotatable bonds is 7. The number of aromatic amines is 1. The van der Waals surface area contributed by atoms with Crippen molar-refractivity contribution in [1.29, 1.82) is 0 Å². The first-order chi connectivity index (χ1) is 11.6. The van der Waals surface area contributed by atoms with Gasteiger partial charge in [-0.1, -0.05) is 48.5 Å². The van der Waals surface area contributed by atoms with Gasteiger partial charge in [0.1, 0.15) is 6.29 Å². The molecule has 1 aromatic heterocycles. The monoisotopic (exact) mass is 342 g/mol. The number of para-hydroxylation sites is 1. The molecule has 0 radical (unpaired) electrons. The molecule has 0 bridgehead atoms. The molecule has 0 fully saturated rings. The molecule has 2 aromatic carbocycles. The van der Waals surface area contributed by atoms with E-state index in [0.29, 0.717) is 18.3 Å². The lowest BCUT2D eigenvalue weighted by Crippen LogP contribution is -2.38.